The van der Waals surface area contributed by atoms with E-state index < -0.39 is 0 Å². The Hall–Kier alpha value is -2.49. The Labute approximate surface area is 112 Å². The van der Waals surface area contributed by atoms with Crippen LogP contribution in [0, 0.1) is 0 Å². The quantitative estimate of drug-likeness (QED) is 0.665. The van der Waals surface area contributed by atoms with Crippen molar-refractivity contribution in [2.45, 2.75) is 6.54 Å². The van der Waals surface area contributed by atoms with Gasteiger partial charge in [0.1, 0.15) is 18.9 Å². The third kappa shape index (κ3) is 2.68. The molecule has 3 heterocycles. The number of nitrogens with zero attached hydrogens (tertiary/aromatic N) is 4. The first-order valence-corrected chi connectivity index (χ1v) is 6.18. The minimum atomic E-state index is 0.830. The highest BCUT2D eigenvalue weighted by Gasteiger charge is 2.04. The molecule has 0 fully saturated rings. The second-order valence-corrected chi connectivity index (χ2v) is 4.52. The number of pyridine rings is 2. The Morgan fingerprint density at radius 3 is 2.63 bits per heavy atom. The summed E-state index contributed by atoms with van der Waals surface area (Å²) in [7, 11) is 2.01. The molecule has 4 nitrogen and oxygen atoms in total. The van der Waals surface area contributed by atoms with E-state index >= 15 is 0 Å². The number of hydrogen-bond donors (Lipinski definition) is 0. The Kier molecular flexibility index (Phi) is 3.06. The predicted octanol–water partition coefficient (Wildman–Crippen LogP) is 1.82. The molecule has 0 amide bonds. The summed E-state index contributed by atoms with van der Waals surface area (Å²) in [6.45, 7) is 0.830. The van der Waals surface area contributed by atoms with Crippen LogP contribution in [0.1, 0.15) is 5.56 Å². The topological polar surface area (TPSA) is 34.6 Å². The third-order valence-corrected chi connectivity index (χ3v) is 2.94. The van der Waals surface area contributed by atoms with Gasteiger partial charge in [-0.15, -0.1) is 0 Å². The molecule has 4 heteroatoms. The molecule has 0 bridgehead atoms. The smallest absolute Gasteiger partial charge is 0.243 e. The molecule has 0 aliphatic heterocycles. The van der Waals surface area contributed by atoms with Gasteiger partial charge in [0.2, 0.25) is 6.33 Å². The van der Waals surface area contributed by atoms with Crippen LogP contribution >= 0.6 is 0 Å². The van der Waals surface area contributed by atoms with Crippen molar-refractivity contribution >= 4 is 0 Å². The summed E-state index contributed by atoms with van der Waals surface area (Å²) in [5, 5.41) is 0. The molecule has 0 aliphatic carbocycles. The van der Waals surface area contributed by atoms with Crippen LogP contribution in [0.3, 0.4) is 0 Å². The maximum absolute atomic E-state index is 4.47. The number of aryl methyl sites for hydroxylation is 1. The fraction of sp³-hybridized carbons (Fsp3) is 0.133. The largest absolute Gasteiger partial charge is 0.255 e. The van der Waals surface area contributed by atoms with Crippen molar-refractivity contribution in [2.24, 2.45) is 7.05 Å². The molecule has 0 saturated heterocycles. The van der Waals surface area contributed by atoms with Crippen molar-refractivity contribution in [1.82, 2.24) is 14.5 Å². The molecule has 3 rings (SSSR count). The molecule has 3 aromatic heterocycles. The first kappa shape index (κ1) is 11.6. The maximum atomic E-state index is 4.47. The first-order chi connectivity index (χ1) is 9.31. The lowest BCUT2D eigenvalue weighted by Gasteiger charge is -2.01. The van der Waals surface area contributed by atoms with Crippen LogP contribution in [0.4, 0.5) is 0 Å². The highest BCUT2D eigenvalue weighted by atomic mass is 15.1. The van der Waals surface area contributed by atoms with E-state index in [0.717, 1.165) is 17.9 Å². The number of imidazole rings is 1. The van der Waals surface area contributed by atoms with Crippen molar-refractivity contribution < 1.29 is 4.57 Å². The van der Waals surface area contributed by atoms with E-state index in [2.05, 4.69) is 20.6 Å². The van der Waals surface area contributed by atoms with Crippen LogP contribution in [0.15, 0.2) is 61.4 Å². The molecular formula is C15H15N4+. The van der Waals surface area contributed by atoms with E-state index in [1.807, 2.05) is 60.8 Å². The Bertz CT molecular complexity index is 656. The first-order valence-electron chi connectivity index (χ1n) is 6.18. The van der Waals surface area contributed by atoms with E-state index in [9.17, 15) is 0 Å². The van der Waals surface area contributed by atoms with Crippen molar-refractivity contribution in [3.8, 4) is 11.4 Å². The van der Waals surface area contributed by atoms with Gasteiger partial charge in [0, 0.05) is 18.0 Å². The molecule has 0 N–H and O–H groups in total. The van der Waals surface area contributed by atoms with E-state index in [0.29, 0.717) is 0 Å². The van der Waals surface area contributed by atoms with Crippen molar-refractivity contribution in [1.29, 1.82) is 0 Å². The highest BCUT2D eigenvalue weighted by molar-refractivity contribution is 5.53. The molecule has 94 valence electrons. The van der Waals surface area contributed by atoms with Gasteiger partial charge in [0.25, 0.3) is 0 Å². The fourth-order valence-electron chi connectivity index (χ4n) is 1.99. The van der Waals surface area contributed by atoms with Crippen molar-refractivity contribution in [2.75, 3.05) is 0 Å². The average molecular weight is 251 g/mol. The molecule has 19 heavy (non-hydrogen) atoms. The molecule has 0 atom stereocenters. The maximum Gasteiger partial charge on any atom is 0.243 e. The Morgan fingerprint density at radius 1 is 1.11 bits per heavy atom. The van der Waals surface area contributed by atoms with Crippen LogP contribution in [-0.2, 0) is 13.6 Å². The summed E-state index contributed by atoms with van der Waals surface area (Å²) in [5.41, 5.74) is 2.99. The minimum Gasteiger partial charge on any atom is -0.255 e. The minimum absolute atomic E-state index is 0.830. The molecule has 0 unspecified atom stereocenters. The monoisotopic (exact) mass is 251 g/mol. The van der Waals surface area contributed by atoms with Gasteiger partial charge < -0.3 is 0 Å². The zero-order valence-electron chi connectivity index (χ0n) is 10.8. The van der Waals surface area contributed by atoms with E-state index in [4.69, 9.17) is 0 Å². The van der Waals surface area contributed by atoms with Gasteiger partial charge in [0.15, 0.2) is 0 Å². The molecule has 3 aromatic rings. The summed E-state index contributed by atoms with van der Waals surface area (Å²) in [6.07, 6.45) is 9.81. The second kappa shape index (κ2) is 5.02. The summed E-state index contributed by atoms with van der Waals surface area (Å²) in [4.78, 5) is 8.76. The zero-order valence-corrected chi connectivity index (χ0v) is 10.8. The van der Waals surface area contributed by atoms with E-state index in [-0.39, 0.29) is 0 Å². The van der Waals surface area contributed by atoms with E-state index in [1.54, 1.807) is 6.20 Å². The Balaban J connectivity index is 1.79. The molecule has 0 spiro atoms. The van der Waals surface area contributed by atoms with Gasteiger partial charge in [-0.3, -0.25) is 9.97 Å². The SMILES string of the molecule is C[n+]1ccn(Cc2ccc(-c3ccccn3)nc2)c1. The van der Waals surface area contributed by atoms with Crippen LogP contribution in [0.25, 0.3) is 11.4 Å². The number of hydrogen-bond acceptors (Lipinski definition) is 2. The number of aromatic nitrogens is 4. The van der Waals surface area contributed by atoms with Gasteiger partial charge in [-0.1, -0.05) is 12.1 Å². The molecule has 0 aromatic carbocycles. The summed E-state index contributed by atoms with van der Waals surface area (Å²) in [5.74, 6) is 0. The summed E-state index contributed by atoms with van der Waals surface area (Å²) < 4.78 is 4.15. The Morgan fingerprint density at radius 2 is 2.00 bits per heavy atom. The summed E-state index contributed by atoms with van der Waals surface area (Å²) in [6, 6.07) is 9.95. The zero-order chi connectivity index (χ0) is 13.1. The lowest BCUT2D eigenvalue weighted by molar-refractivity contribution is -0.671. The standard InChI is InChI=1S/C15H15N4/c1-18-8-9-19(12-18)11-13-5-6-15(17-10-13)14-4-2-3-7-16-14/h2-10,12H,11H2,1H3/q+1. The molecule has 0 aliphatic rings. The van der Waals surface area contributed by atoms with Gasteiger partial charge in [-0.25, -0.2) is 9.13 Å². The normalized spacial score (nSPS) is 10.6. The van der Waals surface area contributed by atoms with Gasteiger partial charge in [-0.05, 0) is 18.2 Å². The van der Waals surface area contributed by atoms with Gasteiger partial charge >= 0.3 is 0 Å². The van der Waals surface area contributed by atoms with Gasteiger partial charge in [-0.2, -0.15) is 0 Å². The third-order valence-electron chi connectivity index (χ3n) is 2.94. The predicted molar refractivity (Wildman–Crippen MR) is 72.2 cm³/mol. The van der Waals surface area contributed by atoms with E-state index in [1.165, 1.54) is 5.56 Å². The van der Waals surface area contributed by atoms with Crippen LogP contribution in [0.2, 0.25) is 0 Å². The van der Waals surface area contributed by atoms with Gasteiger partial charge in [0.05, 0.1) is 18.4 Å². The van der Waals surface area contributed by atoms with Crippen molar-refractivity contribution in [3.05, 3.63) is 67.0 Å². The average Bonchev–Trinajstić information content (AvgIpc) is 2.86. The van der Waals surface area contributed by atoms with Crippen LogP contribution in [0.5, 0.6) is 0 Å². The molecule has 0 radical (unpaired) electrons. The lowest BCUT2D eigenvalue weighted by Crippen LogP contribution is -2.23. The highest BCUT2D eigenvalue weighted by Crippen LogP contribution is 2.13. The second-order valence-electron chi connectivity index (χ2n) is 4.52. The molecule has 0 saturated carbocycles. The summed E-state index contributed by atoms with van der Waals surface area (Å²) >= 11 is 0. The molecular weight excluding hydrogens is 236 g/mol. The van der Waals surface area contributed by atoms with Crippen LogP contribution in [-0.4, -0.2) is 14.5 Å². The lowest BCUT2D eigenvalue weighted by atomic mass is 10.2. The van der Waals surface area contributed by atoms with Crippen molar-refractivity contribution in [3.63, 3.8) is 0 Å². The fourth-order valence-corrected chi connectivity index (χ4v) is 1.99. The van der Waals surface area contributed by atoms with Crippen LogP contribution < -0.4 is 4.57 Å². The number of rotatable bonds is 3.